The van der Waals surface area contributed by atoms with Crippen LogP contribution in [0.5, 0.6) is 0 Å². The van der Waals surface area contributed by atoms with Gasteiger partial charge in [0.1, 0.15) is 6.09 Å². The average molecular weight is 252 g/mol. The summed E-state index contributed by atoms with van der Waals surface area (Å²) < 4.78 is 0. The van der Waals surface area contributed by atoms with Gasteiger partial charge in [0.2, 0.25) is 0 Å². The number of rotatable bonds is 3. The van der Waals surface area contributed by atoms with E-state index < -0.39 is 6.09 Å². The van der Waals surface area contributed by atoms with Crippen molar-refractivity contribution >= 4 is 17.9 Å². The molecule has 1 amide bonds. The number of nitrogens with zero attached hydrogens (tertiary/aromatic N) is 1. The topological polar surface area (TPSA) is 43.4 Å². The second-order valence-electron chi connectivity index (χ2n) is 4.98. The molecule has 0 aliphatic carbocycles. The Balaban J connectivity index is 2.81. The lowest BCUT2D eigenvalue weighted by atomic mass is 9.87. The van der Waals surface area contributed by atoms with Crippen LogP contribution in [0.4, 0.5) is 4.79 Å². The zero-order valence-electron chi connectivity index (χ0n) is 10.7. The maximum absolute atomic E-state index is 10.6. The van der Waals surface area contributed by atoms with Crippen LogP contribution in [-0.4, -0.2) is 23.9 Å². The quantitative estimate of drug-likeness (QED) is 0.612. The second kappa shape index (κ2) is 5.45. The molecule has 0 saturated carbocycles. The lowest BCUT2D eigenvalue weighted by Gasteiger charge is -2.24. The molecule has 0 radical (unpaired) electrons. The first-order valence-corrected chi connectivity index (χ1v) is 6.45. The predicted molar refractivity (Wildman–Crippen MR) is 69.0 cm³/mol. The van der Waals surface area contributed by atoms with E-state index in [4.69, 9.17) is 0 Å². The zero-order chi connectivity index (χ0) is 13.1. The van der Waals surface area contributed by atoms with Crippen molar-refractivity contribution in [3.05, 3.63) is 29.8 Å². The molecule has 0 fully saturated rings. The van der Waals surface area contributed by atoms with E-state index in [-0.39, 0.29) is 5.41 Å². The maximum Gasteiger partial charge on any atom is 0.137 e. The van der Waals surface area contributed by atoms with Crippen LogP contribution in [0.25, 0.3) is 0 Å². The van der Waals surface area contributed by atoms with Gasteiger partial charge in [-0.1, -0.05) is 39.0 Å². The lowest BCUT2D eigenvalue weighted by molar-refractivity contribution is -0.262. The van der Waals surface area contributed by atoms with Gasteiger partial charge in [-0.2, -0.15) is 0 Å². The molecule has 1 aromatic rings. The van der Waals surface area contributed by atoms with Gasteiger partial charge in [0.15, 0.2) is 0 Å². The van der Waals surface area contributed by atoms with Crippen molar-refractivity contribution in [2.75, 3.05) is 12.9 Å². The highest BCUT2D eigenvalue weighted by Crippen LogP contribution is 2.32. The summed E-state index contributed by atoms with van der Waals surface area (Å²) in [5, 5.41) is 10.6. The number of benzene rings is 1. The van der Waals surface area contributed by atoms with Gasteiger partial charge in [-0.05, 0) is 17.0 Å². The molecule has 3 nitrogen and oxygen atoms in total. The van der Waals surface area contributed by atoms with Gasteiger partial charge in [-0.25, -0.2) is 0 Å². The molecule has 0 spiro atoms. The molecule has 0 aromatic heterocycles. The fraction of sp³-hybridized carbons (Fsp3) is 0.462. The fourth-order valence-electron chi connectivity index (χ4n) is 1.43. The van der Waals surface area contributed by atoms with Gasteiger partial charge in [-0.3, -0.25) is 0 Å². The summed E-state index contributed by atoms with van der Waals surface area (Å²) in [6.07, 6.45) is -1.15. The van der Waals surface area contributed by atoms with Gasteiger partial charge >= 0.3 is 0 Å². The van der Waals surface area contributed by atoms with Crippen molar-refractivity contribution in [1.82, 2.24) is 4.90 Å². The Bertz CT molecular complexity index is 399. The molecular formula is C13H18NO2S-. The fourth-order valence-corrected chi connectivity index (χ4v) is 2.57. The van der Waals surface area contributed by atoms with Crippen LogP contribution < -0.4 is 5.11 Å². The number of carbonyl (C=O) groups excluding carboxylic acids is 1. The molecular weight excluding hydrogens is 234 g/mol. The summed E-state index contributed by atoms with van der Waals surface area (Å²) in [5.41, 5.74) is 1.29. The van der Waals surface area contributed by atoms with Crippen molar-refractivity contribution in [1.29, 1.82) is 0 Å². The van der Waals surface area contributed by atoms with E-state index in [2.05, 4.69) is 26.8 Å². The zero-order valence-corrected chi connectivity index (χ0v) is 11.5. The molecule has 0 N–H and O–H groups in total. The molecule has 1 aromatic carbocycles. The summed E-state index contributed by atoms with van der Waals surface area (Å²) >= 11 is 1.52. The third-order valence-corrected chi connectivity index (χ3v) is 3.60. The highest BCUT2D eigenvalue weighted by atomic mass is 32.2. The SMILES string of the molecule is CN(CSc1ccccc1C(C)(C)C)C(=O)[O-]. The van der Waals surface area contributed by atoms with Crippen LogP contribution in [0.1, 0.15) is 26.3 Å². The van der Waals surface area contributed by atoms with E-state index in [1.165, 1.54) is 29.3 Å². The van der Waals surface area contributed by atoms with Crippen molar-refractivity contribution in [3.63, 3.8) is 0 Å². The Morgan fingerprint density at radius 3 is 2.47 bits per heavy atom. The number of thioether (sulfide) groups is 1. The van der Waals surface area contributed by atoms with E-state index in [1.807, 2.05) is 18.2 Å². The van der Waals surface area contributed by atoms with Crippen LogP contribution in [0.3, 0.4) is 0 Å². The first-order chi connectivity index (χ1) is 7.82. The minimum atomic E-state index is -1.15. The molecule has 0 aliphatic rings. The Kier molecular flexibility index (Phi) is 4.46. The maximum atomic E-state index is 10.6. The molecule has 0 aliphatic heterocycles. The average Bonchev–Trinajstić information content (AvgIpc) is 2.24. The minimum Gasteiger partial charge on any atom is -0.530 e. The minimum absolute atomic E-state index is 0.0592. The van der Waals surface area contributed by atoms with Crippen molar-refractivity contribution < 1.29 is 9.90 Å². The number of hydrogen-bond acceptors (Lipinski definition) is 3. The largest absolute Gasteiger partial charge is 0.530 e. The summed E-state index contributed by atoms with van der Waals surface area (Å²) in [7, 11) is 1.52. The van der Waals surface area contributed by atoms with Crippen molar-refractivity contribution in [3.8, 4) is 0 Å². The molecule has 0 atom stereocenters. The Hall–Kier alpha value is -1.16. The van der Waals surface area contributed by atoms with E-state index in [0.29, 0.717) is 5.88 Å². The predicted octanol–water partition coefficient (Wildman–Crippen LogP) is 2.31. The smallest absolute Gasteiger partial charge is 0.137 e. The monoisotopic (exact) mass is 252 g/mol. The van der Waals surface area contributed by atoms with Gasteiger partial charge in [0.05, 0.1) is 5.88 Å². The van der Waals surface area contributed by atoms with E-state index in [0.717, 1.165) is 4.90 Å². The van der Waals surface area contributed by atoms with Crippen LogP contribution >= 0.6 is 11.8 Å². The summed E-state index contributed by atoms with van der Waals surface area (Å²) in [6.45, 7) is 6.44. The van der Waals surface area contributed by atoms with E-state index in [1.54, 1.807) is 0 Å². The molecule has 0 bridgehead atoms. The van der Waals surface area contributed by atoms with Crippen LogP contribution in [0, 0.1) is 0 Å². The van der Waals surface area contributed by atoms with Crippen molar-refractivity contribution in [2.45, 2.75) is 31.1 Å². The van der Waals surface area contributed by atoms with E-state index in [9.17, 15) is 9.90 Å². The Labute approximate surface area is 107 Å². The number of carbonyl (C=O) groups is 1. The molecule has 1 rings (SSSR count). The molecule has 17 heavy (non-hydrogen) atoms. The highest BCUT2D eigenvalue weighted by molar-refractivity contribution is 7.99. The molecule has 0 heterocycles. The van der Waals surface area contributed by atoms with Crippen LogP contribution in [0.2, 0.25) is 0 Å². The highest BCUT2D eigenvalue weighted by Gasteiger charge is 2.17. The number of carboxylic acid groups (broad SMARTS) is 1. The standard InChI is InChI=1S/C13H19NO2S/c1-13(2,3)10-7-5-6-8-11(10)17-9-14(4)12(15)16/h5-8H,9H2,1-4H3,(H,15,16)/p-1. The first-order valence-electron chi connectivity index (χ1n) is 5.47. The Morgan fingerprint density at radius 2 is 1.94 bits per heavy atom. The van der Waals surface area contributed by atoms with Crippen molar-refractivity contribution in [2.24, 2.45) is 0 Å². The molecule has 94 valence electrons. The molecule has 0 saturated heterocycles. The molecule has 0 unspecified atom stereocenters. The number of amides is 1. The van der Waals surface area contributed by atoms with Gasteiger partial charge < -0.3 is 14.8 Å². The third kappa shape index (κ3) is 3.97. The summed E-state index contributed by atoms with van der Waals surface area (Å²) in [5.74, 6) is 0.384. The van der Waals surface area contributed by atoms with Gasteiger partial charge in [0, 0.05) is 11.9 Å². The second-order valence-corrected chi connectivity index (χ2v) is 5.97. The normalized spacial score (nSPS) is 11.3. The molecule has 4 heteroatoms. The number of hydrogen-bond donors (Lipinski definition) is 0. The summed E-state index contributed by atoms with van der Waals surface area (Å²) in [4.78, 5) is 12.9. The van der Waals surface area contributed by atoms with Crippen LogP contribution in [-0.2, 0) is 5.41 Å². The first kappa shape index (κ1) is 13.9. The van der Waals surface area contributed by atoms with Gasteiger partial charge in [0.25, 0.3) is 0 Å². The lowest BCUT2D eigenvalue weighted by Crippen LogP contribution is -2.38. The van der Waals surface area contributed by atoms with Crippen LogP contribution in [0.15, 0.2) is 29.2 Å². The third-order valence-electron chi connectivity index (χ3n) is 2.42. The van der Waals surface area contributed by atoms with E-state index >= 15 is 0 Å². The Morgan fingerprint density at radius 1 is 1.35 bits per heavy atom. The summed E-state index contributed by atoms with van der Waals surface area (Å²) in [6, 6.07) is 8.08. The van der Waals surface area contributed by atoms with Gasteiger partial charge in [-0.15, -0.1) is 11.8 Å².